The molecule has 0 bridgehead atoms. The number of phenolic OH excluding ortho intramolecular Hbond substituents is 1. The maximum absolute atomic E-state index is 13.4. The third-order valence-corrected chi connectivity index (χ3v) is 3.81. The molecule has 118 valence electrons. The molecule has 0 spiro atoms. The molecule has 0 amide bonds. The van der Waals surface area contributed by atoms with Crippen LogP contribution in [0.2, 0.25) is 0 Å². The van der Waals surface area contributed by atoms with Gasteiger partial charge in [-0.25, -0.2) is 9.07 Å². The van der Waals surface area contributed by atoms with Crippen molar-refractivity contribution >= 4 is 22.3 Å². The highest BCUT2D eigenvalue weighted by Gasteiger charge is 2.09. The van der Waals surface area contributed by atoms with Gasteiger partial charge in [0.25, 0.3) is 0 Å². The summed E-state index contributed by atoms with van der Waals surface area (Å²) in [6.07, 6.45) is 1.58. The molecule has 3 aromatic carbocycles. The molecule has 0 radical (unpaired) electrons. The summed E-state index contributed by atoms with van der Waals surface area (Å²) in [5.41, 5.74) is 3.44. The standard InChI is InChI=1S/C19H14FN3O/c20-17-10-13-12-21-23(18(13)11-19(17)24)16-8-6-15(7-9-16)22-14-4-2-1-3-5-14/h1-12,22,24H. The van der Waals surface area contributed by atoms with Crippen molar-refractivity contribution in [1.82, 2.24) is 9.78 Å². The first-order valence-corrected chi connectivity index (χ1v) is 7.49. The smallest absolute Gasteiger partial charge is 0.165 e. The van der Waals surface area contributed by atoms with Gasteiger partial charge >= 0.3 is 0 Å². The number of hydrogen-bond donors (Lipinski definition) is 2. The number of rotatable bonds is 3. The predicted molar refractivity (Wildman–Crippen MR) is 92.4 cm³/mol. The van der Waals surface area contributed by atoms with Gasteiger partial charge in [-0.3, -0.25) is 0 Å². The average Bonchev–Trinajstić information content (AvgIpc) is 3.00. The molecule has 0 saturated heterocycles. The summed E-state index contributed by atoms with van der Waals surface area (Å²) in [5, 5.41) is 17.8. The Kier molecular flexibility index (Phi) is 3.39. The minimum absolute atomic E-state index is 0.383. The van der Waals surface area contributed by atoms with Crippen LogP contribution < -0.4 is 5.32 Å². The van der Waals surface area contributed by atoms with Gasteiger partial charge in [0.15, 0.2) is 11.6 Å². The molecule has 0 aliphatic heterocycles. The molecule has 0 fully saturated rings. The van der Waals surface area contributed by atoms with Crippen LogP contribution >= 0.6 is 0 Å². The summed E-state index contributed by atoms with van der Waals surface area (Å²) >= 11 is 0. The number of benzene rings is 3. The number of fused-ring (bicyclic) bond motifs is 1. The number of phenols is 1. The number of halogens is 1. The van der Waals surface area contributed by atoms with Crippen molar-refractivity contribution < 1.29 is 9.50 Å². The van der Waals surface area contributed by atoms with Crippen molar-refractivity contribution in [2.75, 3.05) is 5.32 Å². The SMILES string of the molecule is Oc1cc2c(cnn2-c2ccc(Nc3ccccc3)cc2)cc1F. The highest BCUT2D eigenvalue weighted by molar-refractivity contribution is 5.82. The van der Waals surface area contributed by atoms with E-state index in [4.69, 9.17) is 0 Å². The summed E-state index contributed by atoms with van der Waals surface area (Å²) in [7, 11) is 0. The van der Waals surface area contributed by atoms with Crippen LogP contribution in [0.5, 0.6) is 5.75 Å². The van der Waals surface area contributed by atoms with Crippen LogP contribution in [0, 0.1) is 5.82 Å². The summed E-state index contributed by atoms with van der Waals surface area (Å²) in [6.45, 7) is 0. The van der Waals surface area contributed by atoms with Gasteiger partial charge in [-0.15, -0.1) is 0 Å². The van der Waals surface area contributed by atoms with Crippen molar-refractivity contribution in [1.29, 1.82) is 0 Å². The van der Waals surface area contributed by atoms with Crippen LogP contribution in [0.4, 0.5) is 15.8 Å². The van der Waals surface area contributed by atoms with Crippen molar-refractivity contribution in [3.63, 3.8) is 0 Å². The lowest BCUT2D eigenvalue weighted by atomic mass is 10.2. The van der Waals surface area contributed by atoms with Gasteiger partial charge in [-0.05, 0) is 42.5 Å². The number of nitrogens with one attached hydrogen (secondary N) is 1. The van der Waals surface area contributed by atoms with Gasteiger partial charge in [0.05, 0.1) is 17.4 Å². The molecular weight excluding hydrogens is 305 g/mol. The maximum Gasteiger partial charge on any atom is 0.165 e. The normalized spacial score (nSPS) is 10.9. The molecule has 0 unspecified atom stereocenters. The van der Waals surface area contributed by atoms with Gasteiger partial charge in [-0.1, -0.05) is 18.2 Å². The van der Waals surface area contributed by atoms with Crippen molar-refractivity contribution in [2.24, 2.45) is 0 Å². The van der Waals surface area contributed by atoms with Gasteiger partial charge in [0.2, 0.25) is 0 Å². The van der Waals surface area contributed by atoms with Crippen molar-refractivity contribution in [2.45, 2.75) is 0 Å². The molecule has 0 atom stereocenters. The number of aromatic hydroxyl groups is 1. The fourth-order valence-electron chi connectivity index (χ4n) is 2.62. The molecule has 0 aliphatic carbocycles. The average molecular weight is 319 g/mol. The molecule has 24 heavy (non-hydrogen) atoms. The van der Waals surface area contributed by atoms with Crippen molar-refractivity contribution in [3.8, 4) is 11.4 Å². The Labute approximate surface area is 137 Å². The summed E-state index contributed by atoms with van der Waals surface area (Å²) in [4.78, 5) is 0. The van der Waals surface area contributed by atoms with Crippen LogP contribution in [0.15, 0.2) is 72.9 Å². The van der Waals surface area contributed by atoms with Crippen LogP contribution in [0.1, 0.15) is 0 Å². The second-order valence-electron chi connectivity index (χ2n) is 5.46. The van der Waals surface area contributed by atoms with Crippen molar-refractivity contribution in [3.05, 3.63) is 78.7 Å². The third kappa shape index (κ3) is 2.56. The molecule has 4 rings (SSSR count). The zero-order valence-corrected chi connectivity index (χ0v) is 12.6. The van der Waals surface area contributed by atoms with E-state index >= 15 is 0 Å². The van der Waals surface area contributed by atoms with E-state index in [1.807, 2.05) is 54.6 Å². The molecule has 5 heteroatoms. The van der Waals surface area contributed by atoms with Crippen LogP contribution in [-0.2, 0) is 0 Å². The largest absolute Gasteiger partial charge is 0.505 e. The number of aromatic nitrogens is 2. The molecular formula is C19H14FN3O. The fourth-order valence-corrected chi connectivity index (χ4v) is 2.62. The fraction of sp³-hybridized carbons (Fsp3) is 0. The van der Waals surface area contributed by atoms with Crippen LogP contribution in [0.25, 0.3) is 16.6 Å². The first-order chi connectivity index (χ1) is 11.7. The Morgan fingerprint density at radius 1 is 0.917 bits per heavy atom. The molecule has 1 aromatic heterocycles. The van der Waals surface area contributed by atoms with E-state index in [1.54, 1.807) is 10.9 Å². The number of anilines is 2. The molecule has 4 nitrogen and oxygen atoms in total. The van der Waals surface area contributed by atoms with E-state index in [2.05, 4.69) is 10.4 Å². The van der Waals surface area contributed by atoms with E-state index in [9.17, 15) is 9.50 Å². The number of hydrogen-bond acceptors (Lipinski definition) is 3. The number of nitrogens with zero attached hydrogens (tertiary/aromatic N) is 2. The van der Waals surface area contributed by atoms with E-state index in [1.165, 1.54) is 12.1 Å². The van der Waals surface area contributed by atoms with E-state index in [0.29, 0.717) is 10.9 Å². The Hall–Kier alpha value is -3.34. The second kappa shape index (κ2) is 5.70. The first kappa shape index (κ1) is 14.3. The van der Waals surface area contributed by atoms with E-state index in [0.717, 1.165) is 17.1 Å². The van der Waals surface area contributed by atoms with Crippen LogP contribution in [0.3, 0.4) is 0 Å². The predicted octanol–water partition coefficient (Wildman–Crippen LogP) is 4.61. The van der Waals surface area contributed by atoms with E-state index in [-0.39, 0.29) is 5.75 Å². The second-order valence-corrected chi connectivity index (χ2v) is 5.46. The lowest BCUT2D eigenvalue weighted by Crippen LogP contribution is -1.97. The molecule has 4 aromatic rings. The zero-order valence-electron chi connectivity index (χ0n) is 12.6. The minimum Gasteiger partial charge on any atom is -0.505 e. The minimum atomic E-state index is -0.649. The molecule has 2 N–H and O–H groups in total. The Bertz CT molecular complexity index is 994. The zero-order chi connectivity index (χ0) is 16.5. The Morgan fingerprint density at radius 2 is 1.62 bits per heavy atom. The maximum atomic E-state index is 13.4. The topological polar surface area (TPSA) is 50.1 Å². The van der Waals surface area contributed by atoms with Gasteiger partial charge in [0, 0.05) is 22.8 Å². The number of para-hydroxylation sites is 1. The Balaban J connectivity index is 1.67. The molecule has 0 saturated carbocycles. The monoisotopic (exact) mass is 319 g/mol. The quantitative estimate of drug-likeness (QED) is 0.579. The van der Waals surface area contributed by atoms with Gasteiger partial charge in [-0.2, -0.15) is 5.10 Å². The lowest BCUT2D eigenvalue weighted by Gasteiger charge is -2.08. The first-order valence-electron chi connectivity index (χ1n) is 7.49. The van der Waals surface area contributed by atoms with Gasteiger partial charge < -0.3 is 10.4 Å². The summed E-state index contributed by atoms with van der Waals surface area (Å²) in [5.74, 6) is -1.03. The highest BCUT2D eigenvalue weighted by atomic mass is 19.1. The van der Waals surface area contributed by atoms with Gasteiger partial charge in [0.1, 0.15) is 0 Å². The Morgan fingerprint density at radius 3 is 2.38 bits per heavy atom. The van der Waals surface area contributed by atoms with Crippen LogP contribution in [-0.4, -0.2) is 14.9 Å². The summed E-state index contributed by atoms with van der Waals surface area (Å²) in [6, 6.07) is 20.3. The lowest BCUT2D eigenvalue weighted by molar-refractivity contribution is 0.433. The third-order valence-electron chi connectivity index (χ3n) is 3.81. The molecule has 1 heterocycles. The highest BCUT2D eigenvalue weighted by Crippen LogP contribution is 2.26. The summed E-state index contributed by atoms with van der Waals surface area (Å²) < 4.78 is 15.1. The van der Waals surface area contributed by atoms with E-state index < -0.39 is 5.82 Å². The molecule has 0 aliphatic rings.